The molecule has 0 saturated carbocycles. The van der Waals surface area contributed by atoms with Crippen molar-refractivity contribution < 1.29 is 17.7 Å². The van der Waals surface area contributed by atoms with E-state index in [0.29, 0.717) is 17.7 Å². The van der Waals surface area contributed by atoms with Crippen LogP contribution in [0.3, 0.4) is 0 Å². The van der Waals surface area contributed by atoms with E-state index in [0.717, 1.165) is 17.9 Å². The number of aromatic nitrogens is 1. The number of pyridine rings is 1. The fourth-order valence-electron chi connectivity index (χ4n) is 1.87. The first-order chi connectivity index (χ1) is 11.3. The first-order valence-corrected chi connectivity index (χ1v) is 9.17. The second-order valence-corrected chi connectivity index (χ2v) is 7.24. The molecule has 2 aromatic rings. The van der Waals surface area contributed by atoms with Crippen molar-refractivity contribution in [2.24, 2.45) is 0 Å². The average Bonchev–Trinajstić information content (AvgIpc) is 2.46. The Bertz CT molecular complexity index is 762. The molecule has 1 fully saturated rings. The van der Waals surface area contributed by atoms with Crippen LogP contribution < -0.4 is 10.1 Å². The first kappa shape index (κ1) is 18.7. The molecule has 1 saturated heterocycles. The number of halogens is 1. The van der Waals surface area contributed by atoms with Crippen LogP contribution in [0.15, 0.2) is 47.6 Å². The van der Waals surface area contributed by atoms with Gasteiger partial charge in [-0.05, 0) is 32.0 Å². The van der Waals surface area contributed by atoms with Gasteiger partial charge in [-0.2, -0.15) is 8.42 Å². The van der Waals surface area contributed by atoms with Crippen molar-refractivity contribution in [3.8, 4) is 5.75 Å². The fourth-order valence-corrected chi connectivity index (χ4v) is 2.51. The highest BCUT2D eigenvalue weighted by molar-refractivity contribution is 7.85. The van der Waals surface area contributed by atoms with Crippen LogP contribution in [0.2, 0.25) is 5.02 Å². The Kier molecular flexibility index (Phi) is 6.56. The van der Waals surface area contributed by atoms with Gasteiger partial charge in [-0.1, -0.05) is 29.3 Å². The van der Waals surface area contributed by atoms with E-state index >= 15 is 0 Å². The molecular formula is C16H19ClN2O4S. The van der Waals surface area contributed by atoms with E-state index < -0.39 is 10.1 Å². The molecule has 6 nitrogen and oxygen atoms in total. The van der Waals surface area contributed by atoms with Gasteiger partial charge in [0.1, 0.15) is 12.4 Å². The van der Waals surface area contributed by atoms with Crippen LogP contribution in [0.5, 0.6) is 5.75 Å². The maximum atomic E-state index is 10.5. The van der Waals surface area contributed by atoms with Crippen LogP contribution in [0, 0.1) is 6.92 Å². The molecule has 0 spiro atoms. The summed E-state index contributed by atoms with van der Waals surface area (Å²) in [5.41, 5.74) is 0.956. The van der Waals surface area contributed by atoms with Gasteiger partial charge in [-0.25, -0.2) is 0 Å². The molecule has 1 atom stereocenters. The van der Waals surface area contributed by atoms with Crippen LogP contribution in [0.1, 0.15) is 12.0 Å². The predicted octanol–water partition coefficient (Wildman–Crippen LogP) is 2.72. The van der Waals surface area contributed by atoms with Gasteiger partial charge in [0.05, 0.1) is 16.1 Å². The molecule has 24 heavy (non-hydrogen) atoms. The summed E-state index contributed by atoms with van der Waals surface area (Å²) in [6.45, 7) is 3.64. The SMILES string of the molecule is Cc1ccc(S(=O)(=O)O)cc1.Clc1cncc(OC[C@H]2CCN2)c1. The zero-order valence-corrected chi connectivity index (χ0v) is 14.7. The highest BCUT2D eigenvalue weighted by Crippen LogP contribution is 2.16. The maximum absolute atomic E-state index is 10.5. The lowest BCUT2D eigenvalue weighted by atomic mass is 10.1. The second kappa shape index (κ2) is 8.43. The van der Waals surface area contributed by atoms with Gasteiger partial charge in [-0.15, -0.1) is 0 Å². The minimum atomic E-state index is -4.02. The number of aryl methyl sites for hydroxylation is 1. The Hall–Kier alpha value is -1.67. The highest BCUT2D eigenvalue weighted by atomic mass is 35.5. The summed E-state index contributed by atoms with van der Waals surface area (Å²) in [7, 11) is -4.02. The lowest BCUT2D eigenvalue weighted by molar-refractivity contribution is 0.217. The number of rotatable bonds is 4. The van der Waals surface area contributed by atoms with Crippen molar-refractivity contribution in [2.75, 3.05) is 13.2 Å². The third kappa shape index (κ3) is 6.09. The highest BCUT2D eigenvalue weighted by Gasteiger charge is 2.16. The van der Waals surface area contributed by atoms with Crippen molar-refractivity contribution in [2.45, 2.75) is 24.3 Å². The van der Waals surface area contributed by atoms with Gasteiger partial charge in [-0.3, -0.25) is 9.54 Å². The van der Waals surface area contributed by atoms with Gasteiger partial charge < -0.3 is 10.1 Å². The largest absolute Gasteiger partial charge is 0.490 e. The fraction of sp³-hybridized carbons (Fsp3) is 0.312. The van der Waals surface area contributed by atoms with Gasteiger partial charge >= 0.3 is 0 Å². The molecule has 0 unspecified atom stereocenters. The molecule has 1 aliphatic rings. The van der Waals surface area contributed by atoms with Gasteiger partial charge in [0, 0.05) is 18.3 Å². The maximum Gasteiger partial charge on any atom is 0.294 e. The molecular weight excluding hydrogens is 352 g/mol. The van der Waals surface area contributed by atoms with E-state index in [-0.39, 0.29) is 4.90 Å². The van der Waals surface area contributed by atoms with E-state index in [2.05, 4.69) is 10.3 Å². The second-order valence-electron chi connectivity index (χ2n) is 5.38. The Morgan fingerprint density at radius 2 is 2.00 bits per heavy atom. The van der Waals surface area contributed by atoms with Crippen molar-refractivity contribution in [3.05, 3.63) is 53.3 Å². The number of ether oxygens (including phenoxy) is 1. The third-order valence-corrected chi connectivity index (χ3v) is 4.45. The molecule has 0 aliphatic carbocycles. The molecule has 130 valence electrons. The van der Waals surface area contributed by atoms with Gasteiger partial charge in [0.15, 0.2) is 0 Å². The quantitative estimate of drug-likeness (QED) is 0.804. The van der Waals surface area contributed by atoms with E-state index in [1.165, 1.54) is 18.6 Å². The average molecular weight is 371 g/mol. The normalized spacial score (nSPS) is 16.5. The van der Waals surface area contributed by atoms with E-state index in [1.807, 2.05) is 6.92 Å². The van der Waals surface area contributed by atoms with E-state index in [4.69, 9.17) is 20.9 Å². The molecule has 0 bridgehead atoms. The number of hydrogen-bond donors (Lipinski definition) is 2. The molecule has 0 radical (unpaired) electrons. The lowest BCUT2D eigenvalue weighted by Gasteiger charge is -2.27. The Labute approximate surface area is 146 Å². The van der Waals surface area contributed by atoms with Crippen LogP contribution >= 0.6 is 11.6 Å². The Morgan fingerprint density at radius 1 is 1.33 bits per heavy atom. The molecule has 8 heteroatoms. The van der Waals surface area contributed by atoms with Crippen LogP contribution in [-0.4, -0.2) is 37.1 Å². The van der Waals surface area contributed by atoms with E-state index in [9.17, 15) is 8.42 Å². The standard InChI is InChI=1S/C9H11ClN2O.C7H8O3S/c10-7-3-9(5-11-4-7)13-6-8-1-2-12-8;1-6-2-4-7(5-3-6)11(8,9)10/h3-5,8,12H,1-2,6H2;2-5H,1H3,(H,8,9,10)/t8-;/m1./s1. The molecule has 1 aromatic carbocycles. The van der Waals surface area contributed by atoms with Gasteiger partial charge in [0.25, 0.3) is 10.1 Å². The minimum absolute atomic E-state index is 0.0666. The number of benzene rings is 1. The summed E-state index contributed by atoms with van der Waals surface area (Å²) in [4.78, 5) is 3.86. The third-order valence-electron chi connectivity index (χ3n) is 3.38. The number of nitrogens with one attached hydrogen (secondary N) is 1. The topological polar surface area (TPSA) is 88.5 Å². The summed E-state index contributed by atoms with van der Waals surface area (Å²) in [6, 6.07) is 8.26. The molecule has 3 rings (SSSR count). The Balaban J connectivity index is 0.000000177. The summed E-state index contributed by atoms with van der Waals surface area (Å²) < 4.78 is 35.0. The van der Waals surface area contributed by atoms with Crippen LogP contribution in [-0.2, 0) is 10.1 Å². The molecule has 0 amide bonds. The van der Waals surface area contributed by atoms with Crippen LogP contribution in [0.25, 0.3) is 0 Å². The molecule has 2 heterocycles. The number of nitrogens with zero attached hydrogens (tertiary/aromatic N) is 1. The van der Waals surface area contributed by atoms with Crippen molar-refractivity contribution in [1.82, 2.24) is 10.3 Å². The predicted molar refractivity (Wildman–Crippen MR) is 92.1 cm³/mol. The molecule has 1 aliphatic heterocycles. The van der Waals surface area contributed by atoms with Crippen LogP contribution in [0.4, 0.5) is 0 Å². The zero-order chi connectivity index (χ0) is 17.6. The number of hydrogen-bond acceptors (Lipinski definition) is 5. The van der Waals surface area contributed by atoms with Crippen molar-refractivity contribution in [1.29, 1.82) is 0 Å². The summed E-state index contributed by atoms with van der Waals surface area (Å²) in [6.07, 6.45) is 4.45. The first-order valence-electron chi connectivity index (χ1n) is 7.35. The van der Waals surface area contributed by atoms with Crippen molar-refractivity contribution in [3.63, 3.8) is 0 Å². The summed E-state index contributed by atoms with van der Waals surface area (Å²) in [5, 5.41) is 3.86. The molecule has 1 aromatic heterocycles. The smallest absolute Gasteiger partial charge is 0.294 e. The minimum Gasteiger partial charge on any atom is -0.490 e. The zero-order valence-electron chi connectivity index (χ0n) is 13.1. The summed E-state index contributed by atoms with van der Waals surface area (Å²) in [5.74, 6) is 0.737. The lowest BCUT2D eigenvalue weighted by Crippen LogP contribution is -2.46. The van der Waals surface area contributed by atoms with Gasteiger partial charge in [0.2, 0.25) is 0 Å². The summed E-state index contributed by atoms with van der Waals surface area (Å²) >= 11 is 5.75. The Morgan fingerprint density at radius 3 is 2.50 bits per heavy atom. The van der Waals surface area contributed by atoms with Crippen molar-refractivity contribution >= 4 is 21.7 Å². The van der Waals surface area contributed by atoms with E-state index in [1.54, 1.807) is 30.6 Å². The molecule has 2 N–H and O–H groups in total. The monoisotopic (exact) mass is 370 g/mol.